The van der Waals surface area contributed by atoms with Crippen molar-refractivity contribution in [3.63, 3.8) is 0 Å². The van der Waals surface area contributed by atoms with Gasteiger partial charge in [-0.2, -0.15) is 0 Å². The predicted molar refractivity (Wildman–Crippen MR) is 62.8 cm³/mol. The molecule has 0 aliphatic carbocycles. The minimum absolute atomic E-state index is 0.469. The topological polar surface area (TPSA) is 17.8 Å². The van der Waals surface area contributed by atoms with Gasteiger partial charge >= 0.3 is 0 Å². The van der Waals surface area contributed by atoms with Crippen LogP contribution in [0.5, 0.6) is 0 Å². The van der Waals surface area contributed by atoms with Gasteiger partial charge in [-0.3, -0.25) is 0 Å². The first-order valence-electron chi connectivity index (χ1n) is 5.27. The first-order valence-corrected chi connectivity index (χ1v) is 5.27. The van der Waals surface area contributed by atoms with Crippen LogP contribution in [0.25, 0.3) is 11.3 Å². The summed E-state index contributed by atoms with van der Waals surface area (Å²) in [6.45, 7) is 6.40. The molecule has 0 bridgehead atoms. The maximum absolute atomic E-state index is 4.40. The zero-order chi connectivity index (χ0) is 10.8. The molecule has 0 atom stereocenters. The highest BCUT2D eigenvalue weighted by molar-refractivity contribution is 5.58. The van der Waals surface area contributed by atoms with E-state index in [2.05, 4.69) is 60.8 Å². The van der Waals surface area contributed by atoms with E-state index in [9.17, 15) is 0 Å². The van der Waals surface area contributed by atoms with E-state index in [1.54, 1.807) is 0 Å². The van der Waals surface area contributed by atoms with E-state index in [1.807, 2.05) is 6.33 Å². The van der Waals surface area contributed by atoms with Gasteiger partial charge in [0.1, 0.15) is 0 Å². The second-order valence-electron chi connectivity index (χ2n) is 4.17. The molecule has 15 heavy (non-hydrogen) atoms. The largest absolute Gasteiger partial charge is 0.334 e. The molecule has 1 aromatic carbocycles. The van der Waals surface area contributed by atoms with E-state index in [0.717, 1.165) is 5.69 Å². The van der Waals surface area contributed by atoms with Crippen molar-refractivity contribution >= 4 is 0 Å². The predicted octanol–water partition coefficient (Wildman–Crippen LogP) is 3.44. The van der Waals surface area contributed by atoms with Gasteiger partial charge in [-0.1, -0.05) is 29.8 Å². The Morgan fingerprint density at radius 3 is 2.33 bits per heavy atom. The van der Waals surface area contributed by atoms with E-state index in [-0.39, 0.29) is 0 Å². The second-order valence-corrected chi connectivity index (χ2v) is 4.17. The molecular formula is C13H16N2. The third kappa shape index (κ3) is 2.09. The molecule has 78 valence electrons. The Balaban J connectivity index is 2.33. The quantitative estimate of drug-likeness (QED) is 0.726. The van der Waals surface area contributed by atoms with E-state index in [1.165, 1.54) is 11.1 Å². The molecular weight excluding hydrogens is 184 g/mol. The number of aryl methyl sites for hydroxylation is 1. The number of rotatable bonds is 2. The number of imidazole rings is 1. The molecule has 0 fully saturated rings. The van der Waals surface area contributed by atoms with Gasteiger partial charge in [0.05, 0.1) is 12.0 Å². The van der Waals surface area contributed by atoms with Crippen LogP contribution in [0.1, 0.15) is 25.5 Å². The van der Waals surface area contributed by atoms with Crippen LogP contribution < -0.4 is 0 Å². The van der Waals surface area contributed by atoms with E-state index in [4.69, 9.17) is 0 Å². The highest BCUT2D eigenvalue weighted by Gasteiger charge is 2.03. The highest BCUT2D eigenvalue weighted by Crippen LogP contribution is 2.18. The van der Waals surface area contributed by atoms with Gasteiger partial charge in [0.25, 0.3) is 0 Å². The Hall–Kier alpha value is -1.57. The molecule has 1 aromatic heterocycles. The second kappa shape index (κ2) is 3.89. The molecule has 0 radical (unpaired) electrons. The lowest BCUT2D eigenvalue weighted by Crippen LogP contribution is -1.95. The lowest BCUT2D eigenvalue weighted by Gasteiger charge is -2.03. The summed E-state index contributed by atoms with van der Waals surface area (Å²) in [5.74, 6) is 0. The Kier molecular flexibility index (Phi) is 2.58. The monoisotopic (exact) mass is 200 g/mol. The molecule has 0 amide bonds. The molecule has 0 spiro atoms. The smallest absolute Gasteiger partial charge is 0.0956 e. The summed E-state index contributed by atoms with van der Waals surface area (Å²) < 4.78 is 2.12. The van der Waals surface area contributed by atoms with Crippen LogP contribution in [-0.4, -0.2) is 9.55 Å². The molecule has 0 saturated carbocycles. The van der Waals surface area contributed by atoms with Gasteiger partial charge in [0.2, 0.25) is 0 Å². The van der Waals surface area contributed by atoms with Gasteiger partial charge in [-0.15, -0.1) is 0 Å². The van der Waals surface area contributed by atoms with Crippen LogP contribution in [0.2, 0.25) is 0 Å². The van der Waals surface area contributed by atoms with Crippen molar-refractivity contribution in [1.82, 2.24) is 9.55 Å². The van der Waals surface area contributed by atoms with Crippen LogP contribution in [0.3, 0.4) is 0 Å². The molecule has 2 nitrogen and oxygen atoms in total. The van der Waals surface area contributed by atoms with Crippen molar-refractivity contribution < 1.29 is 0 Å². The van der Waals surface area contributed by atoms with Crippen LogP contribution in [0.4, 0.5) is 0 Å². The Bertz CT molecular complexity index is 438. The third-order valence-electron chi connectivity index (χ3n) is 2.55. The standard InChI is InChI=1S/C13H16N2/c1-10(2)15-8-13(14-9-15)12-6-4-11(3)5-7-12/h4-10H,1-3H3. The summed E-state index contributed by atoms with van der Waals surface area (Å²) in [5.41, 5.74) is 3.51. The van der Waals surface area contributed by atoms with Crippen molar-refractivity contribution in [1.29, 1.82) is 0 Å². The van der Waals surface area contributed by atoms with E-state index < -0.39 is 0 Å². The Labute approximate surface area is 90.6 Å². The average molecular weight is 200 g/mol. The SMILES string of the molecule is Cc1ccc(-c2cn(C(C)C)cn2)cc1. The minimum atomic E-state index is 0.469. The number of hydrogen-bond donors (Lipinski definition) is 0. The fraction of sp³-hybridized carbons (Fsp3) is 0.308. The fourth-order valence-corrected chi connectivity index (χ4v) is 1.49. The van der Waals surface area contributed by atoms with Gasteiger partial charge in [0.15, 0.2) is 0 Å². The summed E-state index contributed by atoms with van der Waals surface area (Å²) >= 11 is 0. The van der Waals surface area contributed by atoms with Crippen molar-refractivity contribution in [3.05, 3.63) is 42.4 Å². The normalized spacial score (nSPS) is 10.9. The van der Waals surface area contributed by atoms with E-state index in [0.29, 0.717) is 6.04 Å². The molecule has 2 aromatic rings. The molecule has 2 heteroatoms. The Morgan fingerprint density at radius 2 is 1.80 bits per heavy atom. The summed E-state index contributed by atoms with van der Waals surface area (Å²) in [6.07, 6.45) is 3.98. The van der Waals surface area contributed by atoms with Crippen molar-refractivity contribution in [2.45, 2.75) is 26.8 Å². The molecule has 1 heterocycles. The zero-order valence-corrected chi connectivity index (χ0v) is 9.44. The first-order chi connectivity index (χ1) is 7.16. The van der Waals surface area contributed by atoms with Crippen LogP contribution >= 0.6 is 0 Å². The molecule has 0 N–H and O–H groups in total. The number of nitrogens with zero attached hydrogens (tertiary/aromatic N) is 2. The number of aromatic nitrogens is 2. The molecule has 0 saturated heterocycles. The highest BCUT2D eigenvalue weighted by atomic mass is 15.0. The van der Waals surface area contributed by atoms with Gasteiger partial charge < -0.3 is 4.57 Å². The molecule has 0 unspecified atom stereocenters. The van der Waals surface area contributed by atoms with E-state index >= 15 is 0 Å². The van der Waals surface area contributed by atoms with Gasteiger partial charge in [-0.05, 0) is 20.8 Å². The Morgan fingerprint density at radius 1 is 1.13 bits per heavy atom. The summed E-state index contributed by atoms with van der Waals surface area (Å²) in [7, 11) is 0. The van der Waals surface area contributed by atoms with Crippen LogP contribution in [0.15, 0.2) is 36.8 Å². The summed E-state index contributed by atoms with van der Waals surface area (Å²) in [5, 5.41) is 0. The van der Waals surface area contributed by atoms with Gasteiger partial charge in [0, 0.05) is 17.8 Å². The fourth-order valence-electron chi connectivity index (χ4n) is 1.49. The molecule has 0 aliphatic rings. The maximum atomic E-state index is 4.40. The lowest BCUT2D eigenvalue weighted by molar-refractivity contribution is 0.600. The van der Waals surface area contributed by atoms with Gasteiger partial charge in [-0.25, -0.2) is 4.98 Å². The van der Waals surface area contributed by atoms with Crippen molar-refractivity contribution in [2.75, 3.05) is 0 Å². The number of benzene rings is 1. The van der Waals surface area contributed by atoms with Crippen molar-refractivity contribution in [2.24, 2.45) is 0 Å². The third-order valence-corrected chi connectivity index (χ3v) is 2.55. The summed E-state index contributed by atoms with van der Waals surface area (Å²) in [6, 6.07) is 8.93. The van der Waals surface area contributed by atoms with Crippen LogP contribution in [-0.2, 0) is 0 Å². The minimum Gasteiger partial charge on any atom is -0.334 e. The average Bonchev–Trinajstić information content (AvgIpc) is 2.68. The zero-order valence-electron chi connectivity index (χ0n) is 9.44. The lowest BCUT2D eigenvalue weighted by atomic mass is 10.1. The number of hydrogen-bond acceptors (Lipinski definition) is 1. The van der Waals surface area contributed by atoms with Crippen LogP contribution in [0, 0.1) is 6.92 Å². The first kappa shape index (κ1) is 9.97. The molecule has 2 rings (SSSR count). The maximum Gasteiger partial charge on any atom is 0.0956 e. The summed E-state index contributed by atoms with van der Waals surface area (Å²) in [4.78, 5) is 4.40. The molecule has 0 aliphatic heterocycles. The van der Waals surface area contributed by atoms with Crippen molar-refractivity contribution in [3.8, 4) is 11.3 Å².